The van der Waals surface area contributed by atoms with Crippen LogP contribution >= 0.6 is 11.6 Å². The Balaban J connectivity index is 1.79. The van der Waals surface area contributed by atoms with Crippen molar-refractivity contribution in [3.05, 3.63) is 96.6 Å². The second kappa shape index (κ2) is 6.56. The Kier molecular flexibility index (Phi) is 3.89. The van der Waals surface area contributed by atoms with Gasteiger partial charge >= 0.3 is 0 Å². The summed E-state index contributed by atoms with van der Waals surface area (Å²) in [6, 6.07) is 13.7. The fraction of sp³-hybridized carbons (Fsp3) is 0.208. The number of pyridine rings is 1. The normalized spacial score (nSPS) is 16.7. The van der Waals surface area contributed by atoms with E-state index in [1.165, 1.54) is 9.36 Å². The lowest BCUT2D eigenvalue weighted by Crippen LogP contribution is -2.36. The van der Waals surface area contributed by atoms with Crippen LogP contribution in [0, 0.1) is 0 Å². The smallest absolute Gasteiger partial charge is 0.279 e. The van der Waals surface area contributed by atoms with Gasteiger partial charge in [0.1, 0.15) is 6.04 Å². The van der Waals surface area contributed by atoms with Crippen molar-refractivity contribution >= 4 is 28.1 Å². The van der Waals surface area contributed by atoms with Crippen molar-refractivity contribution < 1.29 is 0 Å². The Bertz CT molecular complexity index is 1500. The van der Waals surface area contributed by atoms with Gasteiger partial charge in [0, 0.05) is 22.0 Å². The molecule has 0 fully saturated rings. The van der Waals surface area contributed by atoms with Crippen molar-refractivity contribution in [2.24, 2.45) is 0 Å². The fourth-order valence-corrected chi connectivity index (χ4v) is 5.12. The molecule has 0 saturated heterocycles. The summed E-state index contributed by atoms with van der Waals surface area (Å²) < 4.78 is 2.93. The molecular weight excluding hydrogens is 412 g/mol. The number of nitrogen functional groups attached to an aromatic ring is 1. The average molecular weight is 431 g/mol. The van der Waals surface area contributed by atoms with Crippen LogP contribution in [0.5, 0.6) is 0 Å². The van der Waals surface area contributed by atoms with Crippen LogP contribution in [0.1, 0.15) is 41.3 Å². The van der Waals surface area contributed by atoms with Crippen molar-refractivity contribution in [1.82, 2.24) is 14.3 Å². The highest BCUT2D eigenvalue weighted by molar-refractivity contribution is 6.30. The maximum absolute atomic E-state index is 13.6. The number of halogens is 1. The Morgan fingerprint density at radius 3 is 2.35 bits per heavy atom. The number of nitrogens with zero attached hydrogens (tertiary/aromatic N) is 3. The number of anilines is 1. The largest absolute Gasteiger partial charge is 0.398 e. The molecule has 4 aromatic rings. The van der Waals surface area contributed by atoms with Gasteiger partial charge in [0.25, 0.3) is 11.1 Å². The van der Waals surface area contributed by atoms with E-state index >= 15 is 0 Å². The van der Waals surface area contributed by atoms with E-state index < -0.39 is 6.04 Å². The predicted molar refractivity (Wildman–Crippen MR) is 121 cm³/mol. The summed E-state index contributed by atoms with van der Waals surface area (Å²) >= 11 is 6.12. The number of nitrogens with two attached hydrogens (primary N) is 1. The van der Waals surface area contributed by atoms with Crippen molar-refractivity contribution in [3.63, 3.8) is 0 Å². The summed E-state index contributed by atoms with van der Waals surface area (Å²) in [4.78, 5) is 32.1. The standard InChI is InChI=1S/C24H19ClN4O2/c25-14-11-9-13(10-12-14)21-19-20(26)17-7-3-4-8-18(17)27-22(19)29-24(31)16-6-2-1-5-15(16)23(30)28(21)29/h1-2,5-6,9-12,21H,3-4,7-8H2,(H2,26,27). The molecule has 154 valence electrons. The maximum Gasteiger partial charge on any atom is 0.279 e. The molecule has 31 heavy (non-hydrogen) atoms. The molecule has 1 aliphatic heterocycles. The zero-order valence-electron chi connectivity index (χ0n) is 16.6. The first-order valence-corrected chi connectivity index (χ1v) is 10.8. The molecule has 1 aliphatic carbocycles. The lowest BCUT2D eigenvalue weighted by molar-refractivity contribution is 0.540. The highest BCUT2D eigenvalue weighted by Crippen LogP contribution is 2.42. The number of hydrogen-bond donors (Lipinski definition) is 1. The first kappa shape index (κ1) is 18.4. The van der Waals surface area contributed by atoms with Gasteiger partial charge in [0.05, 0.1) is 10.8 Å². The van der Waals surface area contributed by atoms with Crippen LogP contribution in [0.3, 0.4) is 0 Å². The van der Waals surface area contributed by atoms with Gasteiger partial charge in [-0.2, -0.15) is 4.68 Å². The third-order valence-corrected chi connectivity index (χ3v) is 6.70. The van der Waals surface area contributed by atoms with Crippen molar-refractivity contribution in [2.75, 3.05) is 5.73 Å². The van der Waals surface area contributed by atoms with E-state index in [-0.39, 0.29) is 11.1 Å². The summed E-state index contributed by atoms with van der Waals surface area (Å²) in [6.07, 6.45) is 3.78. The molecule has 0 amide bonds. The van der Waals surface area contributed by atoms with Gasteiger partial charge in [-0.3, -0.25) is 9.59 Å². The van der Waals surface area contributed by atoms with Gasteiger partial charge in [-0.1, -0.05) is 35.9 Å². The average Bonchev–Trinajstić information content (AvgIpc) is 3.14. The van der Waals surface area contributed by atoms with Gasteiger partial charge in [0.15, 0.2) is 5.82 Å². The minimum Gasteiger partial charge on any atom is -0.398 e. The lowest BCUT2D eigenvalue weighted by Gasteiger charge is -2.21. The number of fused-ring (bicyclic) bond motifs is 5. The number of rotatable bonds is 1. The lowest BCUT2D eigenvalue weighted by atomic mass is 9.90. The molecule has 2 aliphatic rings. The first-order chi connectivity index (χ1) is 15.1. The molecular formula is C24H19ClN4O2. The van der Waals surface area contributed by atoms with Crippen LogP contribution in [0.4, 0.5) is 5.69 Å². The van der Waals surface area contributed by atoms with E-state index in [9.17, 15) is 9.59 Å². The second-order valence-electron chi connectivity index (χ2n) is 8.16. The Morgan fingerprint density at radius 2 is 1.61 bits per heavy atom. The van der Waals surface area contributed by atoms with Crippen LogP contribution in [-0.2, 0) is 12.8 Å². The third kappa shape index (κ3) is 2.48. The molecule has 0 bridgehead atoms. The first-order valence-electron chi connectivity index (χ1n) is 10.4. The van der Waals surface area contributed by atoms with Crippen LogP contribution < -0.4 is 16.9 Å². The number of benzene rings is 2. The molecule has 0 spiro atoms. The molecule has 3 heterocycles. The van der Waals surface area contributed by atoms with E-state index in [4.69, 9.17) is 22.3 Å². The number of aromatic nitrogens is 3. The predicted octanol–water partition coefficient (Wildman–Crippen LogP) is 3.61. The zero-order chi connectivity index (χ0) is 21.3. The van der Waals surface area contributed by atoms with Crippen LogP contribution in [-0.4, -0.2) is 14.3 Å². The monoisotopic (exact) mass is 430 g/mol. The summed E-state index contributed by atoms with van der Waals surface area (Å²) in [5.41, 5.74) is 10.4. The summed E-state index contributed by atoms with van der Waals surface area (Å²) in [5, 5.41) is 1.37. The van der Waals surface area contributed by atoms with Crippen LogP contribution in [0.15, 0.2) is 58.1 Å². The van der Waals surface area contributed by atoms with Gasteiger partial charge in [-0.25, -0.2) is 9.67 Å². The number of aryl methyl sites for hydroxylation is 1. The van der Waals surface area contributed by atoms with Crippen molar-refractivity contribution in [3.8, 4) is 5.82 Å². The Labute approximate surface area is 182 Å². The van der Waals surface area contributed by atoms with E-state index in [0.717, 1.165) is 48.1 Å². The summed E-state index contributed by atoms with van der Waals surface area (Å²) in [6.45, 7) is 0. The molecule has 7 heteroatoms. The molecule has 6 rings (SSSR count). The van der Waals surface area contributed by atoms with Gasteiger partial charge in [-0.15, -0.1) is 0 Å². The Hall–Kier alpha value is -3.38. The topological polar surface area (TPSA) is 82.9 Å². The molecule has 1 atom stereocenters. The highest BCUT2D eigenvalue weighted by Gasteiger charge is 2.37. The summed E-state index contributed by atoms with van der Waals surface area (Å²) in [5.74, 6) is 0.464. The van der Waals surface area contributed by atoms with E-state index in [1.54, 1.807) is 36.4 Å². The fourth-order valence-electron chi connectivity index (χ4n) is 4.99. The SMILES string of the molecule is Nc1c2c(nc3c1C(c1ccc(Cl)cc1)n1c(=O)c4ccccc4c(=O)n1-3)CCCC2. The van der Waals surface area contributed by atoms with E-state index in [1.807, 2.05) is 12.1 Å². The van der Waals surface area contributed by atoms with Crippen LogP contribution in [0.25, 0.3) is 16.6 Å². The quantitative estimate of drug-likeness (QED) is 0.440. The zero-order valence-corrected chi connectivity index (χ0v) is 17.4. The van der Waals surface area contributed by atoms with E-state index in [2.05, 4.69) is 0 Å². The van der Waals surface area contributed by atoms with E-state index in [0.29, 0.717) is 27.3 Å². The molecule has 2 N–H and O–H groups in total. The van der Waals surface area contributed by atoms with Gasteiger partial charge < -0.3 is 5.73 Å². The highest BCUT2D eigenvalue weighted by atomic mass is 35.5. The third-order valence-electron chi connectivity index (χ3n) is 6.44. The van der Waals surface area contributed by atoms with Gasteiger partial charge in [-0.05, 0) is 61.1 Å². The van der Waals surface area contributed by atoms with Crippen molar-refractivity contribution in [1.29, 1.82) is 0 Å². The maximum atomic E-state index is 13.6. The minimum absolute atomic E-state index is 0.245. The minimum atomic E-state index is -0.545. The molecule has 0 radical (unpaired) electrons. The second-order valence-corrected chi connectivity index (χ2v) is 8.60. The summed E-state index contributed by atoms with van der Waals surface area (Å²) in [7, 11) is 0. The molecule has 2 aromatic carbocycles. The molecule has 2 aromatic heterocycles. The van der Waals surface area contributed by atoms with Crippen LogP contribution in [0.2, 0.25) is 5.02 Å². The number of hydrogen-bond acceptors (Lipinski definition) is 4. The molecule has 1 unspecified atom stereocenters. The Morgan fingerprint density at radius 1 is 0.935 bits per heavy atom. The van der Waals surface area contributed by atoms with Crippen molar-refractivity contribution in [2.45, 2.75) is 31.7 Å². The molecule has 0 saturated carbocycles. The van der Waals surface area contributed by atoms with Gasteiger partial charge in [0.2, 0.25) is 0 Å². The molecule has 6 nitrogen and oxygen atoms in total.